The van der Waals surface area contributed by atoms with Crippen molar-refractivity contribution < 1.29 is 9.59 Å². The van der Waals surface area contributed by atoms with E-state index in [2.05, 4.69) is 29.5 Å². The molecule has 4 rings (SSSR count). The second-order valence-electron chi connectivity index (χ2n) is 8.20. The van der Waals surface area contributed by atoms with Crippen LogP contribution in [-0.2, 0) is 11.3 Å². The van der Waals surface area contributed by atoms with E-state index < -0.39 is 0 Å². The van der Waals surface area contributed by atoms with Gasteiger partial charge < -0.3 is 10.6 Å². The van der Waals surface area contributed by atoms with Crippen molar-refractivity contribution in [1.82, 2.24) is 9.55 Å². The van der Waals surface area contributed by atoms with Crippen LogP contribution in [-0.4, -0.2) is 21.4 Å². The highest BCUT2D eigenvalue weighted by molar-refractivity contribution is 7.20. The number of rotatable bonds is 6. The van der Waals surface area contributed by atoms with Crippen LogP contribution in [0.2, 0.25) is 5.02 Å². The number of amides is 2. The van der Waals surface area contributed by atoms with E-state index in [0.29, 0.717) is 43.0 Å². The molecule has 0 bridgehead atoms. The minimum Gasteiger partial charge on any atom is -0.325 e. The minimum atomic E-state index is -0.370. The molecule has 0 unspecified atom stereocenters. The molecular weight excluding hydrogens is 472 g/mol. The predicted octanol–water partition coefficient (Wildman–Crippen LogP) is 5.43. The highest BCUT2D eigenvalue weighted by atomic mass is 35.5. The van der Waals surface area contributed by atoms with Gasteiger partial charge in [0.05, 0.1) is 16.6 Å². The summed E-state index contributed by atoms with van der Waals surface area (Å²) in [5.74, 6) is -0.295. The van der Waals surface area contributed by atoms with E-state index in [0.717, 1.165) is 11.3 Å². The SMILES string of the molecule is Cc1c(C(=O)Nc2cccc(Cl)c2)sc2ncn(CC(=O)Nc3ccc(C(C)C)cc3)c(=O)c12. The van der Waals surface area contributed by atoms with Crippen LogP contribution in [0.25, 0.3) is 10.2 Å². The molecule has 0 saturated carbocycles. The summed E-state index contributed by atoms with van der Waals surface area (Å²) >= 11 is 7.12. The van der Waals surface area contributed by atoms with Gasteiger partial charge in [-0.25, -0.2) is 4.98 Å². The van der Waals surface area contributed by atoms with Gasteiger partial charge in [-0.1, -0.05) is 43.6 Å². The summed E-state index contributed by atoms with van der Waals surface area (Å²) in [6, 6.07) is 14.4. The zero-order chi connectivity index (χ0) is 24.4. The zero-order valence-electron chi connectivity index (χ0n) is 18.9. The highest BCUT2D eigenvalue weighted by Gasteiger charge is 2.20. The standard InChI is InChI=1S/C25H23ClN4O3S/c1-14(2)16-7-9-18(10-8-16)28-20(31)12-30-13-27-24-21(25(30)33)15(3)22(34-24)23(32)29-19-6-4-5-17(26)11-19/h4-11,13-14H,12H2,1-3H3,(H,28,31)(H,29,32). The normalized spacial score (nSPS) is 11.1. The lowest BCUT2D eigenvalue weighted by atomic mass is 10.0. The van der Waals surface area contributed by atoms with E-state index in [1.807, 2.05) is 24.3 Å². The summed E-state index contributed by atoms with van der Waals surface area (Å²) in [5.41, 5.74) is 2.54. The summed E-state index contributed by atoms with van der Waals surface area (Å²) in [4.78, 5) is 43.6. The summed E-state index contributed by atoms with van der Waals surface area (Å²) in [6.45, 7) is 5.71. The maximum absolute atomic E-state index is 13.1. The first-order chi connectivity index (χ1) is 16.2. The second kappa shape index (κ2) is 9.79. The van der Waals surface area contributed by atoms with Crippen molar-refractivity contribution in [2.24, 2.45) is 0 Å². The molecule has 0 fully saturated rings. The Kier molecular flexibility index (Phi) is 6.81. The summed E-state index contributed by atoms with van der Waals surface area (Å²) < 4.78 is 1.25. The smallest absolute Gasteiger partial charge is 0.266 e. The number of aromatic nitrogens is 2. The molecule has 2 heterocycles. The van der Waals surface area contributed by atoms with Crippen molar-refractivity contribution in [1.29, 1.82) is 0 Å². The molecule has 0 radical (unpaired) electrons. The van der Waals surface area contributed by atoms with E-state index in [4.69, 9.17) is 11.6 Å². The van der Waals surface area contributed by atoms with Gasteiger partial charge in [0.2, 0.25) is 5.91 Å². The fraction of sp³-hybridized carbons (Fsp3) is 0.200. The van der Waals surface area contributed by atoms with Crippen molar-refractivity contribution in [3.63, 3.8) is 0 Å². The molecule has 0 atom stereocenters. The maximum atomic E-state index is 13.1. The highest BCUT2D eigenvalue weighted by Crippen LogP contribution is 2.28. The first-order valence-electron chi connectivity index (χ1n) is 10.7. The number of carbonyl (C=O) groups excluding carboxylic acids is 2. The van der Waals surface area contributed by atoms with Crippen molar-refractivity contribution in [3.05, 3.63) is 86.2 Å². The molecule has 34 heavy (non-hydrogen) atoms. The van der Waals surface area contributed by atoms with E-state index >= 15 is 0 Å². The molecule has 2 aromatic carbocycles. The summed E-state index contributed by atoms with van der Waals surface area (Å²) in [7, 11) is 0. The van der Waals surface area contributed by atoms with Crippen LogP contribution < -0.4 is 16.2 Å². The van der Waals surface area contributed by atoms with Gasteiger partial charge in [-0.2, -0.15) is 0 Å². The van der Waals surface area contributed by atoms with E-state index in [9.17, 15) is 14.4 Å². The third kappa shape index (κ3) is 5.03. The number of halogens is 1. The van der Waals surface area contributed by atoms with Gasteiger partial charge in [0.25, 0.3) is 11.5 Å². The van der Waals surface area contributed by atoms with Gasteiger partial charge in [0, 0.05) is 16.4 Å². The molecule has 0 spiro atoms. The van der Waals surface area contributed by atoms with Crippen molar-refractivity contribution >= 4 is 56.3 Å². The monoisotopic (exact) mass is 494 g/mol. The minimum absolute atomic E-state index is 0.187. The van der Waals surface area contributed by atoms with Crippen molar-refractivity contribution in [2.75, 3.05) is 10.6 Å². The lowest BCUT2D eigenvalue weighted by molar-refractivity contribution is -0.116. The van der Waals surface area contributed by atoms with Gasteiger partial charge in [0.1, 0.15) is 11.4 Å². The number of hydrogen-bond donors (Lipinski definition) is 2. The molecule has 2 amide bonds. The first kappa shape index (κ1) is 23.7. The number of carbonyl (C=O) groups is 2. The number of anilines is 2. The van der Waals surface area contributed by atoms with Crippen LogP contribution in [0.4, 0.5) is 11.4 Å². The number of aryl methyl sites for hydroxylation is 1. The number of hydrogen-bond acceptors (Lipinski definition) is 5. The summed E-state index contributed by atoms with van der Waals surface area (Å²) in [5, 5.41) is 6.43. The van der Waals surface area contributed by atoms with Crippen LogP contribution in [0.15, 0.2) is 59.7 Å². The zero-order valence-corrected chi connectivity index (χ0v) is 20.5. The third-order valence-corrected chi connectivity index (χ3v) is 6.81. The lowest BCUT2D eigenvalue weighted by Gasteiger charge is -2.09. The number of thiophene rings is 1. The Bertz CT molecular complexity index is 1440. The molecule has 4 aromatic rings. The molecule has 0 aliphatic carbocycles. The van der Waals surface area contributed by atoms with Gasteiger partial charge in [-0.05, 0) is 54.3 Å². The number of fused-ring (bicyclic) bond motifs is 1. The average Bonchev–Trinajstić information content (AvgIpc) is 3.13. The van der Waals surface area contributed by atoms with E-state index in [1.54, 1.807) is 31.2 Å². The predicted molar refractivity (Wildman–Crippen MR) is 137 cm³/mol. The van der Waals surface area contributed by atoms with E-state index in [1.165, 1.54) is 16.5 Å². The first-order valence-corrected chi connectivity index (χ1v) is 11.9. The Morgan fingerprint density at radius 3 is 2.50 bits per heavy atom. The number of benzene rings is 2. The Hall–Kier alpha value is -3.49. The number of nitrogens with zero attached hydrogens (tertiary/aromatic N) is 2. The Balaban J connectivity index is 1.54. The molecule has 9 heteroatoms. The van der Waals surface area contributed by atoms with Gasteiger partial charge >= 0.3 is 0 Å². The Morgan fingerprint density at radius 1 is 1.09 bits per heavy atom. The molecule has 2 aromatic heterocycles. The fourth-order valence-corrected chi connectivity index (χ4v) is 4.77. The van der Waals surface area contributed by atoms with Crippen LogP contribution >= 0.6 is 22.9 Å². The molecule has 2 N–H and O–H groups in total. The van der Waals surface area contributed by atoms with Crippen LogP contribution in [0.5, 0.6) is 0 Å². The molecule has 0 saturated heterocycles. The number of nitrogens with one attached hydrogen (secondary N) is 2. The fourth-order valence-electron chi connectivity index (χ4n) is 3.55. The molecule has 174 valence electrons. The largest absolute Gasteiger partial charge is 0.325 e. The van der Waals surface area contributed by atoms with Crippen LogP contribution in [0, 0.1) is 6.92 Å². The quantitative estimate of drug-likeness (QED) is 0.373. The van der Waals surface area contributed by atoms with Crippen molar-refractivity contribution in [2.45, 2.75) is 33.2 Å². The lowest BCUT2D eigenvalue weighted by Crippen LogP contribution is -2.28. The van der Waals surface area contributed by atoms with Gasteiger partial charge in [-0.15, -0.1) is 11.3 Å². The molecular formula is C25H23ClN4O3S. The Labute approximate surface area is 205 Å². The van der Waals surface area contributed by atoms with Crippen molar-refractivity contribution in [3.8, 4) is 0 Å². The molecule has 7 nitrogen and oxygen atoms in total. The maximum Gasteiger partial charge on any atom is 0.266 e. The van der Waals surface area contributed by atoms with E-state index in [-0.39, 0.29) is 23.9 Å². The molecule has 0 aliphatic rings. The van der Waals surface area contributed by atoms with Gasteiger partial charge in [-0.3, -0.25) is 19.0 Å². The summed E-state index contributed by atoms with van der Waals surface area (Å²) in [6.07, 6.45) is 1.33. The average molecular weight is 495 g/mol. The van der Waals surface area contributed by atoms with Crippen LogP contribution in [0.3, 0.4) is 0 Å². The van der Waals surface area contributed by atoms with Gasteiger partial charge in [0.15, 0.2) is 0 Å². The van der Waals surface area contributed by atoms with Crippen LogP contribution in [0.1, 0.15) is 40.6 Å². The topological polar surface area (TPSA) is 93.1 Å². The second-order valence-corrected chi connectivity index (χ2v) is 9.64. The third-order valence-electron chi connectivity index (χ3n) is 5.38. The molecule has 0 aliphatic heterocycles. The Morgan fingerprint density at radius 2 is 1.82 bits per heavy atom.